The van der Waals surface area contributed by atoms with Gasteiger partial charge < -0.3 is 10.2 Å². The van der Waals surface area contributed by atoms with Crippen LogP contribution in [0.2, 0.25) is 0 Å². The van der Waals surface area contributed by atoms with E-state index in [1.807, 2.05) is 12.3 Å². The molecule has 0 amide bonds. The van der Waals surface area contributed by atoms with Crippen LogP contribution in [0.5, 0.6) is 0 Å². The van der Waals surface area contributed by atoms with Gasteiger partial charge in [-0.25, -0.2) is 4.98 Å². The average molecular weight is 363 g/mol. The van der Waals surface area contributed by atoms with Gasteiger partial charge in [-0.15, -0.1) is 0 Å². The van der Waals surface area contributed by atoms with Crippen molar-refractivity contribution < 1.29 is 0 Å². The fourth-order valence-electron chi connectivity index (χ4n) is 2.06. The molecule has 2 heterocycles. The number of anilines is 1. The number of nitrogens with one attached hydrogen (secondary N) is 1. The Balaban J connectivity index is 1.70. The van der Waals surface area contributed by atoms with Crippen LogP contribution in [0.3, 0.4) is 0 Å². The molecule has 2 rings (SSSR count). The van der Waals surface area contributed by atoms with Gasteiger partial charge in [0.25, 0.3) is 0 Å². The monoisotopic (exact) mass is 361 g/mol. The summed E-state index contributed by atoms with van der Waals surface area (Å²) < 4.78 is 2.00. The van der Waals surface area contributed by atoms with Crippen molar-refractivity contribution in [3.05, 3.63) is 21.2 Å². The van der Waals surface area contributed by atoms with Crippen molar-refractivity contribution in [3.63, 3.8) is 0 Å². The van der Waals surface area contributed by atoms with Gasteiger partial charge in [-0.1, -0.05) is 0 Å². The Labute approximate surface area is 119 Å². The van der Waals surface area contributed by atoms with Crippen LogP contribution < -0.4 is 5.32 Å². The van der Waals surface area contributed by atoms with Crippen molar-refractivity contribution in [1.82, 2.24) is 9.88 Å². The summed E-state index contributed by atoms with van der Waals surface area (Å²) in [6.07, 6.45) is 5.72. The minimum Gasteiger partial charge on any atom is -0.369 e. The van der Waals surface area contributed by atoms with Gasteiger partial charge in [-0.3, -0.25) is 0 Å². The van der Waals surface area contributed by atoms with E-state index < -0.39 is 0 Å². The maximum absolute atomic E-state index is 4.33. The minimum absolute atomic E-state index is 0.926. The maximum Gasteiger partial charge on any atom is 0.140 e. The maximum atomic E-state index is 4.33. The molecule has 0 radical (unpaired) electrons. The lowest BCUT2D eigenvalue weighted by atomic mass is 10.4. The van der Waals surface area contributed by atoms with E-state index in [9.17, 15) is 0 Å². The van der Waals surface area contributed by atoms with Crippen molar-refractivity contribution >= 4 is 37.7 Å². The van der Waals surface area contributed by atoms with Crippen LogP contribution in [0.25, 0.3) is 0 Å². The highest BCUT2D eigenvalue weighted by molar-refractivity contribution is 9.11. The summed E-state index contributed by atoms with van der Waals surface area (Å²) in [4.78, 5) is 6.86. The molecule has 1 aliphatic rings. The van der Waals surface area contributed by atoms with Crippen molar-refractivity contribution in [1.29, 1.82) is 0 Å². The molecule has 0 atom stereocenters. The average Bonchev–Trinajstić information content (AvgIpc) is 2.79. The molecule has 3 nitrogen and oxygen atoms in total. The van der Waals surface area contributed by atoms with Gasteiger partial charge in [-0.2, -0.15) is 0 Å². The normalized spacial score (nSPS) is 16.4. The van der Waals surface area contributed by atoms with E-state index in [0.717, 1.165) is 21.3 Å². The largest absolute Gasteiger partial charge is 0.369 e. The molecule has 1 saturated heterocycles. The van der Waals surface area contributed by atoms with Crippen LogP contribution in [0.1, 0.15) is 19.3 Å². The fraction of sp³-hybridized carbons (Fsp3) is 0.583. The van der Waals surface area contributed by atoms with Gasteiger partial charge in [0, 0.05) is 17.2 Å². The van der Waals surface area contributed by atoms with Crippen LogP contribution in [-0.2, 0) is 0 Å². The highest BCUT2D eigenvalue weighted by Crippen LogP contribution is 2.23. The van der Waals surface area contributed by atoms with E-state index in [4.69, 9.17) is 0 Å². The number of hydrogen-bond acceptors (Lipinski definition) is 3. The standard InChI is InChI=1S/C12H17Br2N3/c13-10-8-11(14)12(16-9-10)15-4-3-7-17-5-1-2-6-17/h8-9H,1-7H2,(H,15,16). The van der Waals surface area contributed by atoms with Crippen LogP contribution in [0.15, 0.2) is 21.2 Å². The van der Waals surface area contributed by atoms with Crippen LogP contribution >= 0.6 is 31.9 Å². The van der Waals surface area contributed by atoms with Gasteiger partial charge in [0.2, 0.25) is 0 Å². The Hall–Kier alpha value is -0.130. The van der Waals surface area contributed by atoms with Gasteiger partial charge in [0.1, 0.15) is 5.82 Å². The zero-order valence-corrected chi connectivity index (χ0v) is 12.9. The molecule has 94 valence electrons. The summed E-state index contributed by atoms with van der Waals surface area (Å²) in [5.74, 6) is 0.926. The molecule has 1 aromatic heterocycles. The molecule has 1 aliphatic heterocycles. The number of hydrogen-bond donors (Lipinski definition) is 1. The highest BCUT2D eigenvalue weighted by Gasteiger charge is 2.10. The summed E-state index contributed by atoms with van der Waals surface area (Å²) in [6, 6.07) is 2.01. The van der Waals surface area contributed by atoms with E-state index in [-0.39, 0.29) is 0 Å². The van der Waals surface area contributed by atoms with Crippen molar-refractivity contribution in [2.45, 2.75) is 19.3 Å². The quantitative estimate of drug-likeness (QED) is 0.812. The van der Waals surface area contributed by atoms with Crippen LogP contribution in [0.4, 0.5) is 5.82 Å². The molecule has 17 heavy (non-hydrogen) atoms. The molecule has 5 heteroatoms. The minimum atomic E-state index is 0.926. The first-order valence-corrected chi connectivity index (χ1v) is 7.61. The lowest BCUT2D eigenvalue weighted by Gasteiger charge is -2.14. The molecule has 0 spiro atoms. The third-order valence-electron chi connectivity index (χ3n) is 2.95. The zero-order chi connectivity index (χ0) is 12.1. The molecule has 1 N–H and O–H groups in total. The predicted molar refractivity (Wildman–Crippen MR) is 78.4 cm³/mol. The summed E-state index contributed by atoms with van der Waals surface area (Å²) in [5.41, 5.74) is 0. The van der Waals surface area contributed by atoms with Crippen LogP contribution in [-0.4, -0.2) is 36.1 Å². The third-order valence-corrected chi connectivity index (χ3v) is 3.99. The van der Waals surface area contributed by atoms with E-state index in [2.05, 4.69) is 47.1 Å². The Bertz CT molecular complexity index is 365. The molecular weight excluding hydrogens is 346 g/mol. The second-order valence-corrected chi connectivity index (χ2v) is 6.08. The van der Waals surface area contributed by atoms with Gasteiger partial charge in [0.15, 0.2) is 0 Å². The van der Waals surface area contributed by atoms with Gasteiger partial charge in [-0.05, 0) is 76.8 Å². The first-order valence-electron chi connectivity index (χ1n) is 6.03. The number of nitrogens with zero attached hydrogens (tertiary/aromatic N) is 2. The Kier molecular flexibility index (Phi) is 5.25. The highest BCUT2D eigenvalue weighted by atomic mass is 79.9. The fourth-order valence-corrected chi connectivity index (χ4v) is 3.19. The van der Waals surface area contributed by atoms with E-state index in [0.29, 0.717) is 0 Å². The SMILES string of the molecule is Brc1cnc(NCCCN2CCCC2)c(Br)c1. The zero-order valence-electron chi connectivity index (χ0n) is 9.75. The molecular formula is C12H17Br2N3. The van der Waals surface area contributed by atoms with Gasteiger partial charge >= 0.3 is 0 Å². The van der Waals surface area contributed by atoms with Gasteiger partial charge in [0.05, 0.1) is 4.47 Å². The number of rotatable bonds is 5. The topological polar surface area (TPSA) is 28.2 Å². The molecule has 0 unspecified atom stereocenters. The van der Waals surface area contributed by atoms with Crippen molar-refractivity contribution in [3.8, 4) is 0 Å². The van der Waals surface area contributed by atoms with Crippen molar-refractivity contribution in [2.75, 3.05) is 31.5 Å². The second kappa shape index (κ2) is 6.71. The lowest BCUT2D eigenvalue weighted by molar-refractivity contribution is 0.337. The molecule has 0 bridgehead atoms. The first kappa shape index (κ1) is 13.3. The smallest absolute Gasteiger partial charge is 0.140 e. The summed E-state index contributed by atoms with van der Waals surface area (Å²) >= 11 is 6.90. The summed E-state index contributed by atoms with van der Waals surface area (Å²) in [7, 11) is 0. The molecule has 0 aliphatic carbocycles. The third kappa shape index (κ3) is 4.23. The lowest BCUT2D eigenvalue weighted by Crippen LogP contribution is -2.22. The summed E-state index contributed by atoms with van der Waals surface area (Å²) in [6.45, 7) is 4.73. The number of likely N-dealkylation sites (tertiary alicyclic amines) is 1. The number of pyridine rings is 1. The summed E-state index contributed by atoms with van der Waals surface area (Å²) in [5, 5.41) is 3.36. The predicted octanol–water partition coefficient (Wildman–Crippen LogP) is 3.50. The Morgan fingerprint density at radius 2 is 2.06 bits per heavy atom. The molecule has 0 aromatic carbocycles. The molecule has 1 fully saturated rings. The van der Waals surface area contributed by atoms with Crippen LogP contribution in [0, 0.1) is 0 Å². The molecule has 1 aromatic rings. The van der Waals surface area contributed by atoms with E-state index >= 15 is 0 Å². The molecule has 0 saturated carbocycles. The van der Waals surface area contributed by atoms with E-state index in [1.54, 1.807) is 0 Å². The number of aromatic nitrogens is 1. The second-order valence-electron chi connectivity index (χ2n) is 4.31. The van der Waals surface area contributed by atoms with E-state index in [1.165, 1.54) is 38.9 Å². The Morgan fingerprint density at radius 3 is 2.76 bits per heavy atom. The Morgan fingerprint density at radius 1 is 1.29 bits per heavy atom. The number of halogens is 2. The van der Waals surface area contributed by atoms with Crippen molar-refractivity contribution in [2.24, 2.45) is 0 Å². The first-order chi connectivity index (χ1) is 8.25.